The average molecular weight is 475 g/mol. The molecule has 2 aromatic rings. The molecule has 9 heteroatoms. The van der Waals surface area contributed by atoms with Gasteiger partial charge in [-0.2, -0.15) is 13.2 Å². The fourth-order valence-electron chi connectivity index (χ4n) is 4.87. The third-order valence-corrected chi connectivity index (χ3v) is 6.62. The first-order valence-corrected chi connectivity index (χ1v) is 11.6. The quantitative estimate of drug-likeness (QED) is 0.696. The lowest BCUT2D eigenvalue weighted by Gasteiger charge is -2.36. The maximum absolute atomic E-state index is 13.3. The number of carbonyl (C=O) groups is 2. The van der Waals surface area contributed by atoms with Gasteiger partial charge in [0.1, 0.15) is 11.5 Å². The van der Waals surface area contributed by atoms with Crippen LogP contribution in [0.4, 0.5) is 19.0 Å². The predicted molar refractivity (Wildman–Crippen MR) is 123 cm³/mol. The molecule has 4 rings (SSSR count). The van der Waals surface area contributed by atoms with Crippen LogP contribution < -0.4 is 5.32 Å². The van der Waals surface area contributed by atoms with Crippen molar-refractivity contribution in [1.29, 1.82) is 0 Å². The maximum atomic E-state index is 13.3. The number of anilines is 1. The third kappa shape index (κ3) is 5.24. The largest absolute Gasteiger partial charge is 0.416 e. The SMILES string of the molecule is CC(=O)Nc1nc(C(=O)N2CCC(N3CCCC3)CC2)c(C)cc1-c1cccc(C(F)(F)F)c1. The minimum absolute atomic E-state index is 0.0766. The first-order valence-electron chi connectivity index (χ1n) is 11.6. The van der Waals surface area contributed by atoms with Crippen LogP contribution in [0.3, 0.4) is 0 Å². The number of alkyl halides is 3. The summed E-state index contributed by atoms with van der Waals surface area (Å²) in [5.41, 5.74) is 0.562. The van der Waals surface area contributed by atoms with Gasteiger partial charge in [0.25, 0.3) is 5.91 Å². The first kappa shape index (κ1) is 24.2. The Morgan fingerprint density at radius 3 is 2.35 bits per heavy atom. The fourth-order valence-corrected chi connectivity index (χ4v) is 4.87. The number of aromatic nitrogens is 1. The summed E-state index contributed by atoms with van der Waals surface area (Å²) in [5, 5.41) is 2.59. The number of piperidine rings is 1. The lowest BCUT2D eigenvalue weighted by molar-refractivity contribution is -0.137. The minimum atomic E-state index is -4.50. The van der Waals surface area contributed by atoms with E-state index in [1.165, 1.54) is 31.9 Å². The average Bonchev–Trinajstić information content (AvgIpc) is 3.34. The van der Waals surface area contributed by atoms with Crippen LogP contribution in [0.5, 0.6) is 0 Å². The molecule has 182 valence electrons. The molecule has 0 bridgehead atoms. The van der Waals surface area contributed by atoms with Gasteiger partial charge in [0.15, 0.2) is 0 Å². The van der Waals surface area contributed by atoms with Crippen LogP contribution in [0.1, 0.15) is 54.2 Å². The minimum Gasteiger partial charge on any atom is -0.337 e. The van der Waals surface area contributed by atoms with Crippen LogP contribution in [0, 0.1) is 6.92 Å². The summed E-state index contributed by atoms with van der Waals surface area (Å²) < 4.78 is 39.7. The summed E-state index contributed by atoms with van der Waals surface area (Å²) in [6.07, 6.45) is -0.222. The molecule has 0 aliphatic carbocycles. The maximum Gasteiger partial charge on any atom is 0.416 e. The number of rotatable bonds is 4. The molecule has 0 unspecified atom stereocenters. The number of nitrogens with zero attached hydrogens (tertiary/aromatic N) is 3. The van der Waals surface area contributed by atoms with E-state index in [-0.39, 0.29) is 23.0 Å². The van der Waals surface area contributed by atoms with E-state index in [0.717, 1.165) is 38.1 Å². The highest BCUT2D eigenvalue weighted by Crippen LogP contribution is 2.35. The molecule has 2 fully saturated rings. The molecule has 2 saturated heterocycles. The Morgan fingerprint density at radius 1 is 1.06 bits per heavy atom. The number of likely N-dealkylation sites (tertiary alicyclic amines) is 2. The number of hydrogen-bond acceptors (Lipinski definition) is 4. The Balaban J connectivity index is 1.61. The molecular weight excluding hydrogens is 445 g/mol. The summed E-state index contributed by atoms with van der Waals surface area (Å²) in [6.45, 7) is 6.51. The van der Waals surface area contributed by atoms with Gasteiger partial charge in [0, 0.05) is 31.6 Å². The van der Waals surface area contributed by atoms with Gasteiger partial charge in [0.2, 0.25) is 5.91 Å². The van der Waals surface area contributed by atoms with E-state index in [0.29, 0.717) is 30.3 Å². The van der Waals surface area contributed by atoms with Crippen LogP contribution >= 0.6 is 0 Å². The molecule has 2 aliphatic heterocycles. The lowest BCUT2D eigenvalue weighted by atomic mass is 9.99. The highest BCUT2D eigenvalue weighted by Gasteiger charge is 2.32. The van der Waals surface area contributed by atoms with Gasteiger partial charge in [-0.3, -0.25) is 9.59 Å². The van der Waals surface area contributed by atoms with Gasteiger partial charge in [0.05, 0.1) is 5.56 Å². The number of pyridine rings is 1. The van der Waals surface area contributed by atoms with E-state index in [9.17, 15) is 22.8 Å². The second kappa shape index (κ2) is 9.74. The van der Waals surface area contributed by atoms with Gasteiger partial charge in [-0.15, -0.1) is 0 Å². The van der Waals surface area contributed by atoms with Crippen LogP contribution in [0.15, 0.2) is 30.3 Å². The van der Waals surface area contributed by atoms with Crippen molar-refractivity contribution in [2.24, 2.45) is 0 Å². The smallest absolute Gasteiger partial charge is 0.337 e. The van der Waals surface area contributed by atoms with Gasteiger partial charge in [-0.05, 0) is 75.0 Å². The summed E-state index contributed by atoms with van der Waals surface area (Å²) in [7, 11) is 0. The van der Waals surface area contributed by atoms with Crippen LogP contribution in [0.2, 0.25) is 0 Å². The summed E-state index contributed by atoms with van der Waals surface area (Å²) >= 11 is 0. The summed E-state index contributed by atoms with van der Waals surface area (Å²) in [6, 6.07) is 6.98. The Kier molecular flexibility index (Phi) is 6.93. The number of benzene rings is 1. The predicted octanol–water partition coefficient (Wildman–Crippen LogP) is 4.73. The van der Waals surface area contributed by atoms with Gasteiger partial charge in [-0.1, -0.05) is 12.1 Å². The second-order valence-corrected chi connectivity index (χ2v) is 9.08. The molecule has 0 spiro atoms. The Labute approximate surface area is 197 Å². The van der Waals surface area contributed by atoms with E-state index in [1.54, 1.807) is 17.9 Å². The highest BCUT2D eigenvalue weighted by molar-refractivity contribution is 5.98. The van der Waals surface area contributed by atoms with Crippen molar-refractivity contribution in [1.82, 2.24) is 14.8 Å². The van der Waals surface area contributed by atoms with Gasteiger partial charge < -0.3 is 15.1 Å². The Bertz CT molecular complexity index is 1070. The number of hydrogen-bond donors (Lipinski definition) is 1. The van der Waals surface area contributed by atoms with Crippen molar-refractivity contribution >= 4 is 17.6 Å². The highest BCUT2D eigenvalue weighted by atomic mass is 19.4. The molecule has 34 heavy (non-hydrogen) atoms. The van der Waals surface area contributed by atoms with E-state index < -0.39 is 17.6 Å². The first-order chi connectivity index (χ1) is 16.1. The number of nitrogens with one attached hydrogen (secondary N) is 1. The fraction of sp³-hybridized carbons (Fsp3) is 0.480. The number of aryl methyl sites for hydroxylation is 1. The van der Waals surface area contributed by atoms with E-state index in [1.807, 2.05) is 0 Å². The number of carbonyl (C=O) groups excluding carboxylic acids is 2. The topological polar surface area (TPSA) is 65.5 Å². The lowest BCUT2D eigenvalue weighted by Crippen LogP contribution is -2.46. The van der Waals surface area contributed by atoms with Crippen molar-refractivity contribution in [3.8, 4) is 11.1 Å². The molecule has 6 nitrogen and oxygen atoms in total. The van der Waals surface area contributed by atoms with E-state index >= 15 is 0 Å². The molecule has 1 N–H and O–H groups in total. The van der Waals surface area contributed by atoms with Gasteiger partial charge in [-0.25, -0.2) is 4.98 Å². The van der Waals surface area contributed by atoms with Crippen LogP contribution in [0.25, 0.3) is 11.1 Å². The zero-order chi connectivity index (χ0) is 24.5. The second-order valence-electron chi connectivity index (χ2n) is 9.08. The van der Waals surface area contributed by atoms with E-state index in [2.05, 4.69) is 15.2 Å². The monoisotopic (exact) mass is 474 g/mol. The molecular formula is C25H29F3N4O2. The third-order valence-electron chi connectivity index (χ3n) is 6.62. The van der Waals surface area contributed by atoms with Gasteiger partial charge >= 0.3 is 6.18 Å². The molecule has 1 aromatic heterocycles. The molecule has 2 amide bonds. The molecule has 0 atom stereocenters. The molecule has 1 aromatic carbocycles. The van der Waals surface area contributed by atoms with Crippen molar-refractivity contribution < 1.29 is 22.8 Å². The van der Waals surface area contributed by atoms with Crippen LogP contribution in [-0.2, 0) is 11.0 Å². The zero-order valence-electron chi connectivity index (χ0n) is 19.4. The molecule has 0 saturated carbocycles. The number of amides is 2. The zero-order valence-corrected chi connectivity index (χ0v) is 19.4. The van der Waals surface area contributed by atoms with Crippen molar-refractivity contribution in [2.75, 3.05) is 31.5 Å². The molecule has 2 aliphatic rings. The van der Waals surface area contributed by atoms with Crippen molar-refractivity contribution in [3.63, 3.8) is 0 Å². The summed E-state index contributed by atoms with van der Waals surface area (Å²) in [4.78, 5) is 33.9. The Morgan fingerprint density at radius 2 is 1.74 bits per heavy atom. The summed E-state index contributed by atoms with van der Waals surface area (Å²) in [5.74, 6) is -0.568. The molecule has 0 radical (unpaired) electrons. The molecule has 3 heterocycles. The number of halogens is 3. The van der Waals surface area contributed by atoms with Crippen molar-refractivity contribution in [3.05, 3.63) is 47.2 Å². The normalized spacial score (nSPS) is 17.7. The van der Waals surface area contributed by atoms with Crippen molar-refractivity contribution in [2.45, 2.75) is 51.7 Å². The van der Waals surface area contributed by atoms with Crippen LogP contribution in [-0.4, -0.2) is 58.8 Å². The van der Waals surface area contributed by atoms with E-state index in [4.69, 9.17) is 0 Å². The standard InChI is InChI=1S/C25H29F3N4O2/c1-16-14-21(18-6-5-7-19(15-18)25(26,27)28)23(29-17(2)33)30-22(16)24(34)32-12-8-20(9-13-32)31-10-3-4-11-31/h5-7,14-15,20H,3-4,8-13H2,1-2H3,(H,29,30,33). The Hall–Kier alpha value is -2.94.